The van der Waals surface area contributed by atoms with Crippen LogP contribution in [0.1, 0.15) is 20.1 Å². The SMILES string of the molecule is Nc1nccc2cc(CNC(=O)c3cc(Cl)c(CN4CCN(c5cccnc5)CC4)s3)ccc12. The van der Waals surface area contributed by atoms with E-state index in [9.17, 15) is 4.79 Å². The maximum absolute atomic E-state index is 12.8. The van der Waals surface area contributed by atoms with Crippen molar-refractivity contribution in [3.63, 3.8) is 0 Å². The quantitative estimate of drug-likeness (QED) is 0.420. The van der Waals surface area contributed by atoms with Gasteiger partial charge in [0.1, 0.15) is 5.82 Å². The Morgan fingerprint density at radius 2 is 1.97 bits per heavy atom. The third kappa shape index (κ3) is 4.99. The van der Waals surface area contributed by atoms with Crippen molar-refractivity contribution in [1.82, 2.24) is 20.2 Å². The molecular weight excluding hydrogens is 468 g/mol. The van der Waals surface area contributed by atoms with Gasteiger partial charge in [-0.15, -0.1) is 11.3 Å². The van der Waals surface area contributed by atoms with E-state index in [2.05, 4.69) is 31.2 Å². The molecule has 1 aromatic carbocycles. The molecule has 0 unspecified atom stereocenters. The summed E-state index contributed by atoms with van der Waals surface area (Å²) in [6.45, 7) is 4.93. The first-order valence-corrected chi connectivity index (χ1v) is 12.3. The second-order valence-electron chi connectivity index (χ2n) is 8.29. The molecule has 0 atom stereocenters. The first kappa shape index (κ1) is 22.6. The Balaban J connectivity index is 1.17. The number of fused-ring (bicyclic) bond motifs is 1. The molecule has 7 nitrogen and oxygen atoms in total. The number of carbonyl (C=O) groups excluding carboxylic acids is 1. The van der Waals surface area contributed by atoms with Crippen LogP contribution in [0.3, 0.4) is 0 Å². The maximum atomic E-state index is 12.8. The van der Waals surface area contributed by atoms with Crippen LogP contribution in [0.15, 0.2) is 61.1 Å². The fourth-order valence-corrected chi connectivity index (χ4v) is 5.52. The summed E-state index contributed by atoms with van der Waals surface area (Å²) in [7, 11) is 0. The molecule has 0 aliphatic carbocycles. The number of hydrogen-bond donors (Lipinski definition) is 2. The van der Waals surface area contributed by atoms with Gasteiger partial charge in [0.05, 0.1) is 21.8 Å². The minimum absolute atomic E-state index is 0.117. The number of nitrogens with two attached hydrogens (primary N) is 1. The van der Waals surface area contributed by atoms with Crippen LogP contribution in [0.5, 0.6) is 0 Å². The Kier molecular flexibility index (Phi) is 6.62. The van der Waals surface area contributed by atoms with Crippen molar-refractivity contribution in [3.05, 3.63) is 81.4 Å². The number of pyridine rings is 2. The molecule has 34 heavy (non-hydrogen) atoms. The van der Waals surface area contributed by atoms with E-state index < -0.39 is 0 Å². The van der Waals surface area contributed by atoms with Crippen LogP contribution in [-0.4, -0.2) is 47.0 Å². The van der Waals surface area contributed by atoms with Gasteiger partial charge < -0.3 is 16.0 Å². The van der Waals surface area contributed by atoms with Crippen molar-refractivity contribution >= 4 is 51.1 Å². The predicted molar refractivity (Wildman–Crippen MR) is 138 cm³/mol. The number of rotatable bonds is 6. The van der Waals surface area contributed by atoms with E-state index in [1.807, 2.05) is 36.5 Å². The van der Waals surface area contributed by atoms with Gasteiger partial charge in [0.25, 0.3) is 5.91 Å². The van der Waals surface area contributed by atoms with Crippen LogP contribution in [0.2, 0.25) is 5.02 Å². The molecule has 1 aliphatic rings. The van der Waals surface area contributed by atoms with Crippen LogP contribution >= 0.6 is 22.9 Å². The van der Waals surface area contributed by atoms with Crippen LogP contribution in [0.4, 0.5) is 11.5 Å². The molecule has 174 valence electrons. The second-order valence-corrected chi connectivity index (χ2v) is 9.83. The number of halogens is 1. The number of thiophene rings is 1. The molecule has 1 aliphatic heterocycles. The second kappa shape index (κ2) is 9.97. The first-order chi connectivity index (χ1) is 16.6. The van der Waals surface area contributed by atoms with Crippen molar-refractivity contribution in [3.8, 4) is 0 Å². The highest BCUT2D eigenvalue weighted by Crippen LogP contribution is 2.29. The summed E-state index contributed by atoms with van der Waals surface area (Å²) in [5, 5.41) is 5.57. The molecule has 1 saturated heterocycles. The van der Waals surface area contributed by atoms with E-state index in [4.69, 9.17) is 17.3 Å². The highest BCUT2D eigenvalue weighted by atomic mass is 35.5. The van der Waals surface area contributed by atoms with Crippen molar-refractivity contribution < 1.29 is 4.79 Å². The molecule has 4 heterocycles. The maximum Gasteiger partial charge on any atom is 0.261 e. The minimum Gasteiger partial charge on any atom is -0.383 e. The largest absolute Gasteiger partial charge is 0.383 e. The van der Waals surface area contributed by atoms with Gasteiger partial charge in [-0.25, -0.2) is 4.98 Å². The van der Waals surface area contributed by atoms with E-state index in [0.29, 0.717) is 22.3 Å². The van der Waals surface area contributed by atoms with Crippen molar-refractivity contribution in [1.29, 1.82) is 0 Å². The van der Waals surface area contributed by atoms with Gasteiger partial charge in [0.15, 0.2) is 0 Å². The number of hydrogen-bond acceptors (Lipinski definition) is 7. The Morgan fingerprint density at radius 1 is 1.12 bits per heavy atom. The molecule has 0 radical (unpaired) electrons. The summed E-state index contributed by atoms with van der Waals surface area (Å²) in [5.41, 5.74) is 8.08. The lowest BCUT2D eigenvalue weighted by Gasteiger charge is -2.35. The van der Waals surface area contributed by atoms with E-state index in [1.54, 1.807) is 18.5 Å². The highest BCUT2D eigenvalue weighted by Gasteiger charge is 2.20. The number of nitrogen functional groups attached to an aromatic ring is 1. The van der Waals surface area contributed by atoms with Crippen LogP contribution < -0.4 is 16.0 Å². The number of nitrogens with one attached hydrogen (secondary N) is 1. The van der Waals surface area contributed by atoms with Crippen LogP contribution in [-0.2, 0) is 13.1 Å². The Hall–Kier alpha value is -3.20. The number of aromatic nitrogens is 2. The fourth-order valence-electron chi connectivity index (χ4n) is 4.16. The smallest absolute Gasteiger partial charge is 0.261 e. The summed E-state index contributed by atoms with van der Waals surface area (Å²) in [4.78, 5) is 27.5. The standard InChI is InChI=1S/C25H25ClN6OS/c26-21-13-22(25(33)30-14-17-3-4-20-18(12-17)5-7-29-24(20)27)34-23(21)16-31-8-10-32(11-9-31)19-2-1-6-28-15-19/h1-7,12-13,15H,8-11,14,16H2,(H2,27,29)(H,30,33). The van der Waals surface area contributed by atoms with Gasteiger partial charge in [-0.1, -0.05) is 23.7 Å². The Labute approximate surface area is 207 Å². The molecule has 0 spiro atoms. The zero-order chi connectivity index (χ0) is 23.5. The van der Waals surface area contributed by atoms with E-state index in [0.717, 1.165) is 59.6 Å². The lowest BCUT2D eigenvalue weighted by Crippen LogP contribution is -2.45. The van der Waals surface area contributed by atoms with Crippen molar-refractivity contribution in [2.45, 2.75) is 13.1 Å². The van der Waals surface area contributed by atoms with Gasteiger partial charge in [0, 0.05) is 61.9 Å². The first-order valence-electron chi connectivity index (χ1n) is 11.1. The van der Waals surface area contributed by atoms with Gasteiger partial charge in [-0.3, -0.25) is 14.7 Å². The number of benzene rings is 1. The van der Waals surface area contributed by atoms with Crippen molar-refractivity contribution in [2.24, 2.45) is 0 Å². The molecule has 0 saturated carbocycles. The number of amides is 1. The third-order valence-corrected chi connectivity index (χ3v) is 7.61. The zero-order valence-electron chi connectivity index (χ0n) is 18.6. The topological polar surface area (TPSA) is 87.4 Å². The third-order valence-electron chi connectivity index (χ3n) is 6.04. The molecule has 1 fully saturated rings. The van der Waals surface area contributed by atoms with Crippen LogP contribution in [0, 0.1) is 0 Å². The van der Waals surface area contributed by atoms with E-state index in [-0.39, 0.29) is 5.91 Å². The van der Waals surface area contributed by atoms with Crippen molar-refractivity contribution in [2.75, 3.05) is 36.8 Å². The summed E-state index contributed by atoms with van der Waals surface area (Å²) < 4.78 is 0. The zero-order valence-corrected chi connectivity index (χ0v) is 20.1. The fraction of sp³-hybridized carbons (Fsp3) is 0.240. The van der Waals surface area contributed by atoms with Gasteiger partial charge >= 0.3 is 0 Å². The Morgan fingerprint density at radius 3 is 2.76 bits per heavy atom. The molecule has 4 aromatic rings. The lowest BCUT2D eigenvalue weighted by molar-refractivity contribution is 0.0955. The molecule has 3 N–H and O–H groups in total. The van der Waals surface area contributed by atoms with Crippen LogP contribution in [0.25, 0.3) is 10.8 Å². The number of piperazine rings is 1. The summed E-state index contributed by atoms with van der Waals surface area (Å²) in [5.74, 6) is 0.390. The van der Waals surface area contributed by atoms with E-state index >= 15 is 0 Å². The molecule has 1 amide bonds. The number of nitrogens with zero attached hydrogens (tertiary/aromatic N) is 4. The molecule has 9 heteroatoms. The average Bonchev–Trinajstić information content (AvgIpc) is 3.23. The molecule has 5 rings (SSSR count). The van der Waals surface area contributed by atoms with Gasteiger partial charge in [0.2, 0.25) is 0 Å². The number of carbonyl (C=O) groups is 1. The van der Waals surface area contributed by atoms with Gasteiger partial charge in [-0.2, -0.15) is 0 Å². The Bertz CT molecular complexity index is 1300. The monoisotopic (exact) mass is 492 g/mol. The lowest BCUT2D eigenvalue weighted by atomic mass is 10.1. The normalized spacial score (nSPS) is 14.4. The summed E-state index contributed by atoms with van der Waals surface area (Å²) >= 11 is 7.96. The molecule has 3 aromatic heterocycles. The summed E-state index contributed by atoms with van der Waals surface area (Å²) in [6.07, 6.45) is 5.39. The average molecular weight is 493 g/mol. The minimum atomic E-state index is -0.117. The highest BCUT2D eigenvalue weighted by molar-refractivity contribution is 7.14. The molecule has 0 bridgehead atoms. The van der Waals surface area contributed by atoms with E-state index in [1.165, 1.54) is 11.3 Å². The summed E-state index contributed by atoms with van der Waals surface area (Å²) in [6, 6.07) is 13.7. The van der Waals surface area contributed by atoms with Gasteiger partial charge in [-0.05, 0) is 41.3 Å². The molecular formula is C25H25ClN6OS. The number of anilines is 2. The predicted octanol–water partition coefficient (Wildman–Crippen LogP) is 4.18.